The summed E-state index contributed by atoms with van der Waals surface area (Å²) in [7, 11) is 0. The Morgan fingerprint density at radius 2 is 0.719 bits per heavy atom. The fraction of sp³-hybridized carbons (Fsp3) is 0.907. The first-order chi connectivity index (χ1) is 43.6. The number of nitrogens with one attached hydrogen (secondary N) is 1. The standard InChI is InChI=1S/C75H141NO13/c1-3-5-7-9-11-13-15-17-19-21-23-25-27-28-29-30-31-32-33-34-35-37-39-41-43-45-47-49-51-53-55-57-59-67(80)76-63(62-86-74-72(85)70(83)73(66(61-78)88-74)89-75-71(84)69(82)68(81)65(60-77)87-75)64(79)58-56-54-52-50-48-46-44-42-40-38-36-26-24-22-20-18-16-14-12-10-8-6-4-2/h40,42,48,50,56,58,63-66,68-75,77-79,81-85H,3-39,41,43-47,49,51-55,57,59-62H2,1-2H3,(H,76,80)/b42-40+,50-48+,58-56+. The summed E-state index contributed by atoms with van der Waals surface area (Å²) >= 11 is 0. The molecular formula is C75H141NO13. The van der Waals surface area contributed by atoms with E-state index in [1.807, 2.05) is 6.08 Å². The molecule has 0 spiro atoms. The molecule has 2 heterocycles. The average molecular weight is 1260 g/mol. The lowest BCUT2D eigenvalue weighted by molar-refractivity contribution is -0.359. The largest absolute Gasteiger partial charge is 0.394 e. The maximum atomic E-state index is 13.3. The minimum atomic E-state index is -1.79. The first-order valence-corrected chi connectivity index (χ1v) is 37.7. The highest BCUT2D eigenvalue weighted by atomic mass is 16.7. The van der Waals surface area contributed by atoms with Crippen LogP contribution in [0.3, 0.4) is 0 Å². The summed E-state index contributed by atoms with van der Waals surface area (Å²) in [5, 5.41) is 87.5. The first-order valence-electron chi connectivity index (χ1n) is 37.7. The lowest BCUT2D eigenvalue weighted by Gasteiger charge is -2.46. The van der Waals surface area contributed by atoms with Gasteiger partial charge < -0.3 is 65.1 Å². The fourth-order valence-corrected chi connectivity index (χ4v) is 12.6. The zero-order valence-electron chi connectivity index (χ0n) is 57.2. The Hall–Kier alpha value is -1.79. The maximum Gasteiger partial charge on any atom is 0.220 e. The van der Waals surface area contributed by atoms with Crippen LogP contribution < -0.4 is 5.32 Å². The van der Waals surface area contributed by atoms with Crippen LogP contribution in [0.1, 0.15) is 341 Å². The van der Waals surface area contributed by atoms with Crippen LogP contribution in [-0.2, 0) is 23.7 Å². The third-order valence-corrected chi connectivity index (χ3v) is 18.6. The van der Waals surface area contributed by atoms with Gasteiger partial charge in [0, 0.05) is 6.42 Å². The molecule has 524 valence electrons. The molecule has 14 nitrogen and oxygen atoms in total. The van der Waals surface area contributed by atoms with E-state index in [0.717, 1.165) is 44.9 Å². The van der Waals surface area contributed by atoms with E-state index in [-0.39, 0.29) is 18.9 Å². The molecule has 0 aliphatic carbocycles. The second-order valence-electron chi connectivity index (χ2n) is 26.8. The van der Waals surface area contributed by atoms with Crippen LogP contribution in [0, 0.1) is 0 Å². The van der Waals surface area contributed by atoms with E-state index in [0.29, 0.717) is 12.8 Å². The van der Waals surface area contributed by atoms with Crippen molar-refractivity contribution in [1.29, 1.82) is 0 Å². The number of aliphatic hydroxyl groups is 8. The zero-order valence-corrected chi connectivity index (χ0v) is 57.2. The Bertz CT molecular complexity index is 1630. The van der Waals surface area contributed by atoms with Gasteiger partial charge in [0.15, 0.2) is 12.6 Å². The van der Waals surface area contributed by atoms with Crippen LogP contribution >= 0.6 is 0 Å². The van der Waals surface area contributed by atoms with E-state index in [1.165, 1.54) is 263 Å². The summed E-state index contributed by atoms with van der Waals surface area (Å²) in [6.07, 6.45) is 60.8. The van der Waals surface area contributed by atoms with Crippen molar-refractivity contribution in [2.45, 2.75) is 415 Å². The van der Waals surface area contributed by atoms with Gasteiger partial charge in [-0.05, 0) is 44.9 Å². The van der Waals surface area contributed by atoms with Crippen molar-refractivity contribution in [3.8, 4) is 0 Å². The van der Waals surface area contributed by atoms with E-state index in [2.05, 4.69) is 43.5 Å². The minimum Gasteiger partial charge on any atom is -0.394 e. The Kier molecular flexibility index (Phi) is 56.1. The van der Waals surface area contributed by atoms with Gasteiger partial charge in [-0.1, -0.05) is 326 Å². The van der Waals surface area contributed by atoms with Gasteiger partial charge in [-0.3, -0.25) is 4.79 Å². The molecule has 0 saturated carbocycles. The molecule has 2 rings (SSSR count). The van der Waals surface area contributed by atoms with Crippen LogP contribution in [0.4, 0.5) is 0 Å². The van der Waals surface area contributed by atoms with Gasteiger partial charge in [0.2, 0.25) is 5.91 Å². The van der Waals surface area contributed by atoms with E-state index in [4.69, 9.17) is 18.9 Å². The number of carbonyl (C=O) groups is 1. The summed E-state index contributed by atoms with van der Waals surface area (Å²) in [5.41, 5.74) is 0. The van der Waals surface area contributed by atoms with Gasteiger partial charge in [-0.2, -0.15) is 0 Å². The minimum absolute atomic E-state index is 0.246. The molecule has 0 aromatic heterocycles. The van der Waals surface area contributed by atoms with Gasteiger partial charge in [0.1, 0.15) is 48.8 Å². The number of ether oxygens (including phenoxy) is 4. The SMILES string of the molecule is CCCCCCCCCCCCCCC/C=C/CC/C=C/CC/C=C/C(O)C(COC1OC(CO)C(OC2OC(CO)C(O)C(O)C2O)C(O)C1O)NC(=O)CCCCCCCCCCCCCCCCCCCCCCCCCCCCCCCCCC. The smallest absolute Gasteiger partial charge is 0.220 e. The third kappa shape index (κ3) is 43.7. The molecule has 9 N–H and O–H groups in total. The topological polar surface area (TPSA) is 228 Å². The molecule has 14 heteroatoms. The van der Waals surface area contributed by atoms with Gasteiger partial charge >= 0.3 is 0 Å². The van der Waals surface area contributed by atoms with E-state index in [1.54, 1.807) is 6.08 Å². The summed E-state index contributed by atoms with van der Waals surface area (Å²) in [5.74, 6) is -0.246. The van der Waals surface area contributed by atoms with Crippen molar-refractivity contribution in [3.05, 3.63) is 36.5 Å². The maximum absolute atomic E-state index is 13.3. The lowest BCUT2D eigenvalue weighted by Crippen LogP contribution is -2.65. The predicted molar refractivity (Wildman–Crippen MR) is 365 cm³/mol. The second kappa shape index (κ2) is 59.9. The molecule has 0 aromatic rings. The number of hydrogen-bond acceptors (Lipinski definition) is 13. The number of unbranched alkanes of at least 4 members (excludes halogenated alkanes) is 46. The molecule has 2 saturated heterocycles. The van der Waals surface area contributed by atoms with Gasteiger partial charge in [-0.25, -0.2) is 0 Å². The second-order valence-corrected chi connectivity index (χ2v) is 26.8. The quantitative estimate of drug-likeness (QED) is 0.0204. The van der Waals surface area contributed by atoms with Crippen molar-refractivity contribution in [3.63, 3.8) is 0 Å². The number of allylic oxidation sites excluding steroid dienone is 5. The van der Waals surface area contributed by atoms with Crippen LogP contribution in [0.5, 0.6) is 0 Å². The number of aliphatic hydroxyl groups excluding tert-OH is 8. The third-order valence-electron chi connectivity index (χ3n) is 18.6. The Labute approximate surface area is 544 Å². The number of amides is 1. The zero-order chi connectivity index (χ0) is 64.5. The van der Waals surface area contributed by atoms with E-state index in [9.17, 15) is 45.6 Å². The van der Waals surface area contributed by atoms with Crippen molar-refractivity contribution in [2.24, 2.45) is 0 Å². The summed E-state index contributed by atoms with van der Waals surface area (Å²) in [6.45, 7) is 2.83. The van der Waals surface area contributed by atoms with Gasteiger partial charge in [-0.15, -0.1) is 0 Å². The van der Waals surface area contributed by atoms with E-state index >= 15 is 0 Å². The predicted octanol–water partition coefficient (Wildman–Crippen LogP) is 16.1. The summed E-state index contributed by atoms with van der Waals surface area (Å²) < 4.78 is 22.9. The molecule has 1 amide bonds. The molecular weight excluding hydrogens is 1120 g/mol. The van der Waals surface area contributed by atoms with Crippen molar-refractivity contribution < 1.29 is 64.6 Å². The van der Waals surface area contributed by atoms with Crippen LogP contribution in [0.15, 0.2) is 36.5 Å². The molecule has 2 fully saturated rings. The van der Waals surface area contributed by atoms with Gasteiger partial charge in [0.25, 0.3) is 0 Å². The molecule has 0 aromatic carbocycles. The Morgan fingerprint density at radius 1 is 0.393 bits per heavy atom. The average Bonchev–Trinajstić information content (AvgIpc) is 3.61. The summed E-state index contributed by atoms with van der Waals surface area (Å²) in [4.78, 5) is 13.3. The lowest BCUT2D eigenvalue weighted by atomic mass is 9.97. The van der Waals surface area contributed by atoms with Crippen molar-refractivity contribution in [2.75, 3.05) is 19.8 Å². The number of carbonyl (C=O) groups excluding carboxylic acids is 1. The first kappa shape index (κ1) is 83.3. The normalized spacial score (nSPS) is 23.2. The highest BCUT2D eigenvalue weighted by molar-refractivity contribution is 5.76. The Balaban J connectivity index is 1.65. The van der Waals surface area contributed by atoms with Crippen molar-refractivity contribution in [1.82, 2.24) is 5.32 Å². The van der Waals surface area contributed by atoms with Crippen LogP contribution in [0.25, 0.3) is 0 Å². The molecule has 0 bridgehead atoms. The Morgan fingerprint density at radius 3 is 1.10 bits per heavy atom. The molecule has 12 unspecified atom stereocenters. The van der Waals surface area contributed by atoms with Crippen LogP contribution in [0.2, 0.25) is 0 Å². The molecule has 12 atom stereocenters. The molecule has 89 heavy (non-hydrogen) atoms. The monoisotopic (exact) mass is 1260 g/mol. The number of hydrogen-bond donors (Lipinski definition) is 9. The summed E-state index contributed by atoms with van der Waals surface area (Å²) in [6, 6.07) is -0.937. The van der Waals surface area contributed by atoms with Crippen molar-refractivity contribution >= 4 is 5.91 Å². The molecule has 2 aliphatic heterocycles. The number of rotatable bonds is 63. The highest BCUT2D eigenvalue weighted by Crippen LogP contribution is 2.30. The molecule has 0 radical (unpaired) electrons. The molecule has 2 aliphatic rings. The fourth-order valence-electron chi connectivity index (χ4n) is 12.6. The van der Waals surface area contributed by atoms with Gasteiger partial charge in [0.05, 0.1) is 32.0 Å². The highest BCUT2D eigenvalue weighted by Gasteiger charge is 2.51. The van der Waals surface area contributed by atoms with E-state index < -0.39 is 86.8 Å². The van der Waals surface area contributed by atoms with Crippen LogP contribution in [-0.4, -0.2) is 140 Å².